The highest BCUT2D eigenvalue weighted by Gasteiger charge is 2.24. The van der Waals surface area contributed by atoms with Gasteiger partial charge in [0.1, 0.15) is 5.78 Å². The zero-order valence-corrected chi connectivity index (χ0v) is 9.74. The first-order valence-electron chi connectivity index (χ1n) is 6.13. The van der Waals surface area contributed by atoms with E-state index in [4.69, 9.17) is 5.11 Å². The quantitative estimate of drug-likeness (QED) is 0.696. The summed E-state index contributed by atoms with van der Waals surface area (Å²) in [6, 6.07) is 0. The summed E-state index contributed by atoms with van der Waals surface area (Å²) in [6.45, 7) is 5.10. The number of carbonyl (C=O) groups is 1. The van der Waals surface area contributed by atoms with Crippen LogP contribution < -0.4 is 0 Å². The maximum Gasteiger partial charge on any atom is 0.136 e. The van der Waals surface area contributed by atoms with Crippen molar-refractivity contribution in [3.8, 4) is 0 Å². The Morgan fingerprint density at radius 2 is 2.20 bits per heavy atom. The number of nitrogens with zero attached hydrogens (tertiary/aromatic N) is 1. The smallest absolute Gasteiger partial charge is 0.136 e. The molecular weight excluding hydrogens is 190 g/mol. The van der Waals surface area contributed by atoms with Crippen molar-refractivity contribution < 1.29 is 9.90 Å². The monoisotopic (exact) mass is 213 g/mol. The fourth-order valence-electron chi connectivity index (χ4n) is 2.32. The number of ketones is 1. The molecule has 0 bridgehead atoms. The van der Waals surface area contributed by atoms with E-state index in [0.717, 1.165) is 51.7 Å². The molecule has 15 heavy (non-hydrogen) atoms. The molecule has 0 radical (unpaired) electrons. The summed E-state index contributed by atoms with van der Waals surface area (Å²) in [5.74, 6) is 0.762. The van der Waals surface area contributed by atoms with E-state index in [1.165, 1.54) is 0 Å². The van der Waals surface area contributed by atoms with Crippen LogP contribution in [0.3, 0.4) is 0 Å². The van der Waals surface area contributed by atoms with Crippen LogP contribution in [0.1, 0.15) is 39.0 Å². The minimum atomic E-state index is 0.221. The fraction of sp³-hybridized carbons (Fsp3) is 0.917. The number of carbonyl (C=O) groups excluding carboxylic acids is 1. The molecule has 3 heteroatoms. The third-order valence-corrected chi connectivity index (χ3v) is 3.18. The lowest BCUT2D eigenvalue weighted by molar-refractivity contribution is -0.120. The van der Waals surface area contributed by atoms with Crippen molar-refractivity contribution in [3.63, 3.8) is 0 Å². The third-order valence-electron chi connectivity index (χ3n) is 3.18. The maximum absolute atomic E-state index is 11.4. The molecule has 1 unspecified atom stereocenters. The molecule has 0 saturated heterocycles. The number of hydrogen-bond acceptors (Lipinski definition) is 3. The molecule has 0 aliphatic heterocycles. The largest absolute Gasteiger partial charge is 0.395 e. The van der Waals surface area contributed by atoms with Gasteiger partial charge in [0.05, 0.1) is 6.61 Å². The van der Waals surface area contributed by atoms with Gasteiger partial charge >= 0.3 is 0 Å². The van der Waals surface area contributed by atoms with Gasteiger partial charge in [-0.05, 0) is 38.8 Å². The molecule has 0 aromatic heterocycles. The minimum Gasteiger partial charge on any atom is -0.395 e. The van der Waals surface area contributed by atoms with Crippen molar-refractivity contribution in [3.05, 3.63) is 0 Å². The average Bonchev–Trinajstić information content (AvgIpc) is 2.61. The number of aliphatic hydroxyl groups is 1. The van der Waals surface area contributed by atoms with Crippen LogP contribution in [0.4, 0.5) is 0 Å². The van der Waals surface area contributed by atoms with E-state index in [-0.39, 0.29) is 6.61 Å². The van der Waals surface area contributed by atoms with Gasteiger partial charge in [-0.15, -0.1) is 0 Å². The highest BCUT2D eigenvalue weighted by Crippen LogP contribution is 2.24. The molecule has 88 valence electrons. The van der Waals surface area contributed by atoms with Crippen LogP contribution in [0.2, 0.25) is 0 Å². The molecule has 1 fully saturated rings. The second kappa shape index (κ2) is 6.96. The fourth-order valence-corrected chi connectivity index (χ4v) is 2.32. The first-order valence-corrected chi connectivity index (χ1v) is 6.13. The van der Waals surface area contributed by atoms with Crippen LogP contribution in [-0.2, 0) is 4.79 Å². The Morgan fingerprint density at radius 3 is 2.73 bits per heavy atom. The van der Waals surface area contributed by atoms with Crippen molar-refractivity contribution in [1.82, 2.24) is 4.90 Å². The molecule has 0 amide bonds. The zero-order chi connectivity index (χ0) is 11.1. The number of hydrogen-bond donors (Lipinski definition) is 1. The van der Waals surface area contributed by atoms with Gasteiger partial charge in [-0.2, -0.15) is 0 Å². The topological polar surface area (TPSA) is 40.5 Å². The van der Waals surface area contributed by atoms with Crippen LogP contribution in [0.15, 0.2) is 0 Å². The van der Waals surface area contributed by atoms with Crippen LogP contribution >= 0.6 is 0 Å². The lowest BCUT2D eigenvalue weighted by atomic mass is 10.0. The van der Waals surface area contributed by atoms with Gasteiger partial charge < -0.3 is 10.0 Å². The van der Waals surface area contributed by atoms with Crippen molar-refractivity contribution in [1.29, 1.82) is 0 Å². The molecule has 0 heterocycles. The SMILES string of the molecule is CCCN(CCO)CCC1CCCC1=O. The minimum absolute atomic E-state index is 0.221. The molecule has 0 aromatic carbocycles. The second-order valence-electron chi connectivity index (χ2n) is 4.41. The van der Waals surface area contributed by atoms with Gasteiger partial charge in [-0.1, -0.05) is 6.92 Å². The molecular formula is C12H23NO2. The molecule has 3 nitrogen and oxygen atoms in total. The molecule has 0 aromatic rings. The highest BCUT2D eigenvalue weighted by atomic mass is 16.3. The number of aliphatic hydroxyl groups excluding tert-OH is 1. The third kappa shape index (κ3) is 4.31. The molecule has 1 atom stereocenters. The lowest BCUT2D eigenvalue weighted by Gasteiger charge is -2.21. The normalized spacial score (nSPS) is 21.5. The summed E-state index contributed by atoms with van der Waals surface area (Å²) in [6.07, 6.45) is 5.05. The van der Waals surface area contributed by atoms with Crippen LogP contribution in [0.5, 0.6) is 0 Å². The average molecular weight is 213 g/mol. The van der Waals surface area contributed by atoms with E-state index < -0.39 is 0 Å². The Labute approximate surface area is 92.5 Å². The van der Waals surface area contributed by atoms with Crippen molar-refractivity contribution >= 4 is 5.78 Å². The van der Waals surface area contributed by atoms with Gasteiger partial charge in [0.15, 0.2) is 0 Å². The summed E-state index contributed by atoms with van der Waals surface area (Å²) < 4.78 is 0. The predicted molar refractivity (Wildman–Crippen MR) is 60.8 cm³/mol. The number of Topliss-reactive ketones (excluding diaryl/α,β-unsaturated/α-hetero) is 1. The van der Waals surface area contributed by atoms with Crippen LogP contribution in [0.25, 0.3) is 0 Å². The van der Waals surface area contributed by atoms with Crippen molar-refractivity contribution in [2.45, 2.75) is 39.0 Å². The van der Waals surface area contributed by atoms with Gasteiger partial charge in [-0.3, -0.25) is 4.79 Å². The van der Waals surface area contributed by atoms with Crippen LogP contribution in [-0.4, -0.2) is 42.0 Å². The Hall–Kier alpha value is -0.410. The van der Waals surface area contributed by atoms with E-state index in [0.29, 0.717) is 11.7 Å². The van der Waals surface area contributed by atoms with Crippen molar-refractivity contribution in [2.75, 3.05) is 26.2 Å². The Balaban J connectivity index is 2.22. The molecule has 1 aliphatic rings. The molecule has 1 aliphatic carbocycles. The Morgan fingerprint density at radius 1 is 1.40 bits per heavy atom. The second-order valence-corrected chi connectivity index (χ2v) is 4.41. The van der Waals surface area contributed by atoms with Gasteiger partial charge in [0.2, 0.25) is 0 Å². The van der Waals surface area contributed by atoms with Gasteiger partial charge in [0, 0.05) is 18.9 Å². The molecule has 1 saturated carbocycles. The lowest BCUT2D eigenvalue weighted by Crippen LogP contribution is -2.30. The van der Waals surface area contributed by atoms with E-state index >= 15 is 0 Å². The summed E-state index contributed by atoms with van der Waals surface area (Å²) >= 11 is 0. The summed E-state index contributed by atoms with van der Waals surface area (Å²) in [5.41, 5.74) is 0. The van der Waals surface area contributed by atoms with Gasteiger partial charge in [0.25, 0.3) is 0 Å². The zero-order valence-electron chi connectivity index (χ0n) is 9.74. The van der Waals surface area contributed by atoms with E-state index in [1.807, 2.05) is 0 Å². The maximum atomic E-state index is 11.4. The van der Waals surface area contributed by atoms with E-state index in [9.17, 15) is 4.79 Å². The standard InChI is InChI=1S/C12H23NO2/c1-2-7-13(9-10-14)8-6-11-4-3-5-12(11)15/h11,14H,2-10H2,1H3. The van der Waals surface area contributed by atoms with Gasteiger partial charge in [-0.25, -0.2) is 0 Å². The molecule has 1 rings (SSSR count). The number of rotatable bonds is 7. The Bertz CT molecular complexity index is 188. The predicted octanol–water partition coefficient (Wildman–Crippen LogP) is 1.45. The van der Waals surface area contributed by atoms with E-state index in [1.54, 1.807) is 0 Å². The first-order chi connectivity index (χ1) is 7.27. The summed E-state index contributed by atoms with van der Waals surface area (Å²) in [5, 5.41) is 8.90. The summed E-state index contributed by atoms with van der Waals surface area (Å²) in [4.78, 5) is 13.7. The van der Waals surface area contributed by atoms with Crippen LogP contribution in [0, 0.1) is 5.92 Å². The Kier molecular flexibility index (Phi) is 5.88. The molecule has 1 N–H and O–H groups in total. The highest BCUT2D eigenvalue weighted by molar-refractivity contribution is 5.82. The first kappa shape index (κ1) is 12.7. The van der Waals surface area contributed by atoms with E-state index in [2.05, 4.69) is 11.8 Å². The van der Waals surface area contributed by atoms with Crippen molar-refractivity contribution in [2.24, 2.45) is 5.92 Å². The summed E-state index contributed by atoms with van der Waals surface area (Å²) in [7, 11) is 0. The molecule has 0 spiro atoms.